The van der Waals surface area contributed by atoms with Gasteiger partial charge in [-0.25, -0.2) is 0 Å². The van der Waals surface area contributed by atoms with E-state index in [-0.39, 0.29) is 22.4 Å². The van der Waals surface area contributed by atoms with Crippen molar-refractivity contribution in [3.8, 4) is 28.3 Å². The number of nitrogens with two attached hydrogens (primary N) is 1. The van der Waals surface area contributed by atoms with E-state index in [1.165, 1.54) is 0 Å². The van der Waals surface area contributed by atoms with Crippen molar-refractivity contribution >= 4 is 23.2 Å². The van der Waals surface area contributed by atoms with E-state index in [0.29, 0.717) is 22.4 Å². The SMILES string of the molecule is N#Cc1c(N)c2c(c(-c3ccccc3)c1-c1ccccc1)C(=O)N(Nc1ccccc1)C2=O. The van der Waals surface area contributed by atoms with Crippen LogP contribution in [0.15, 0.2) is 91.0 Å². The van der Waals surface area contributed by atoms with Crippen LogP contribution in [0, 0.1) is 11.3 Å². The number of nitriles is 1. The molecule has 0 spiro atoms. The number of nitrogens with zero attached hydrogens (tertiary/aromatic N) is 2. The fourth-order valence-corrected chi connectivity index (χ4v) is 4.17. The zero-order valence-corrected chi connectivity index (χ0v) is 17.4. The highest BCUT2D eigenvalue weighted by atomic mass is 16.2. The zero-order valence-electron chi connectivity index (χ0n) is 17.4. The summed E-state index contributed by atoms with van der Waals surface area (Å²) in [5, 5.41) is 11.0. The van der Waals surface area contributed by atoms with Gasteiger partial charge in [0.1, 0.15) is 6.07 Å². The van der Waals surface area contributed by atoms with Gasteiger partial charge in [-0.05, 0) is 23.3 Å². The van der Waals surface area contributed by atoms with Gasteiger partial charge in [0.15, 0.2) is 0 Å². The van der Waals surface area contributed by atoms with Crippen molar-refractivity contribution in [2.75, 3.05) is 11.2 Å². The van der Waals surface area contributed by atoms with Gasteiger partial charge in [-0.1, -0.05) is 78.9 Å². The van der Waals surface area contributed by atoms with Crippen LogP contribution in [0.5, 0.6) is 0 Å². The topological polar surface area (TPSA) is 99.2 Å². The summed E-state index contributed by atoms with van der Waals surface area (Å²) < 4.78 is 0. The Morgan fingerprint density at radius 3 is 1.70 bits per heavy atom. The fourth-order valence-electron chi connectivity index (χ4n) is 4.17. The van der Waals surface area contributed by atoms with Crippen LogP contribution in [0.2, 0.25) is 0 Å². The summed E-state index contributed by atoms with van der Waals surface area (Å²) in [5.41, 5.74) is 12.7. The summed E-state index contributed by atoms with van der Waals surface area (Å²) >= 11 is 0. The molecule has 6 nitrogen and oxygen atoms in total. The Morgan fingerprint density at radius 2 is 1.15 bits per heavy atom. The number of imide groups is 1. The van der Waals surface area contributed by atoms with Crippen LogP contribution in [-0.4, -0.2) is 16.8 Å². The van der Waals surface area contributed by atoms with E-state index >= 15 is 0 Å². The highest BCUT2D eigenvalue weighted by Gasteiger charge is 2.42. The van der Waals surface area contributed by atoms with E-state index in [1.807, 2.05) is 66.7 Å². The maximum Gasteiger partial charge on any atom is 0.282 e. The van der Waals surface area contributed by atoms with E-state index in [0.717, 1.165) is 10.6 Å². The molecule has 4 aromatic carbocycles. The van der Waals surface area contributed by atoms with Gasteiger partial charge in [0.2, 0.25) is 0 Å². The molecule has 158 valence electrons. The summed E-state index contributed by atoms with van der Waals surface area (Å²) in [6, 6.07) is 29.7. The van der Waals surface area contributed by atoms with Crippen LogP contribution < -0.4 is 11.2 Å². The van der Waals surface area contributed by atoms with Crippen LogP contribution in [0.1, 0.15) is 26.3 Å². The second kappa shape index (κ2) is 7.98. The van der Waals surface area contributed by atoms with Gasteiger partial charge in [-0.3, -0.25) is 15.0 Å². The number of hydrogen-bond donors (Lipinski definition) is 2. The molecule has 0 atom stereocenters. The molecule has 1 aliphatic rings. The Bertz CT molecular complexity index is 1430. The minimum atomic E-state index is -0.593. The lowest BCUT2D eigenvalue weighted by Crippen LogP contribution is -2.35. The van der Waals surface area contributed by atoms with Gasteiger partial charge in [-0.2, -0.15) is 10.3 Å². The number of carbonyl (C=O) groups is 2. The van der Waals surface area contributed by atoms with Gasteiger partial charge < -0.3 is 5.73 Å². The van der Waals surface area contributed by atoms with Gasteiger partial charge in [-0.15, -0.1) is 0 Å². The summed E-state index contributed by atoms with van der Waals surface area (Å²) in [6.07, 6.45) is 0. The number of nitrogens with one attached hydrogen (secondary N) is 1. The molecule has 0 aromatic heterocycles. The lowest BCUT2D eigenvalue weighted by molar-refractivity contribution is 0.0692. The molecule has 1 aliphatic heterocycles. The minimum absolute atomic E-state index is 0.00162. The van der Waals surface area contributed by atoms with E-state index in [9.17, 15) is 14.9 Å². The first-order valence-corrected chi connectivity index (χ1v) is 10.3. The summed E-state index contributed by atoms with van der Waals surface area (Å²) in [7, 11) is 0. The van der Waals surface area contributed by atoms with Crippen LogP contribution in [0.4, 0.5) is 11.4 Å². The molecule has 6 heteroatoms. The first-order valence-electron chi connectivity index (χ1n) is 10.3. The number of nitrogen functional groups attached to an aromatic ring is 1. The summed E-state index contributed by atoms with van der Waals surface area (Å²) in [6.45, 7) is 0. The van der Waals surface area contributed by atoms with Crippen molar-refractivity contribution in [1.29, 1.82) is 5.26 Å². The minimum Gasteiger partial charge on any atom is -0.397 e. The molecular weight excluding hydrogens is 412 g/mol. The van der Waals surface area contributed by atoms with Crippen molar-refractivity contribution in [3.05, 3.63) is 108 Å². The predicted molar refractivity (Wildman–Crippen MR) is 127 cm³/mol. The normalized spacial score (nSPS) is 12.4. The largest absolute Gasteiger partial charge is 0.397 e. The van der Waals surface area contributed by atoms with Gasteiger partial charge in [0.25, 0.3) is 11.8 Å². The lowest BCUT2D eigenvalue weighted by atomic mass is 9.84. The Morgan fingerprint density at radius 1 is 0.667 bits per heavy atom. The first kappa shape index (κ1) is 20.0. The fraction of sp³-hybridized carbons (Fsp3) is 0. The second-order valence-corrected chi connectivity index (χ2v) is 7.56. The number of benzene rings is 4. The third kappa shape index (κ3) is 3.20. The molecule has 1 heterocycles. The van der Waals surface area contributed by atoms with E-state index < -0.39 is 11.8 Å². The third-order valence-electron chi connectivity index (χ3n) is 5.62. The number of rotatable bonds is 4. The van der Waals surface area contributed by atoms with Gasteiger partial charge in [0.05, 0.1) is 28.1 Å². The van der Waals surface area contributed by atoms with E-state index in [1.54, 1.807) is 24.3 Å². The molecule has 3 N–H and O–H groups in total. The Balaban J connectivity index is 1.82. The van der Waals surface area contributed by atoms with Crippen molar-refractivity contribution in [1.82, 2.24) is 5.01 Å². The molecule has 0 fully saturated rings. The quantitative estimate of drug-likeness (QED) is 0.347. The summed E-state index contributed by atoms with van der Waals surface area (Å²) in [4.78, 5) is 27.0. The highest BCUT2D eigenvalue weighted by Crippen LogP contribution is 2.45. The Hall–Kier alpha value is -4.89. The maximum absolute atomic E-state index is 13.6. The highest BCUT2D eigenvalue weighted by molar-refractivity contribution is 6.28. The number of carbonyl (C=O) groups excluding carboxylic acids is 2. The van der Waals surface area contributed by atoms with E-state index in [4.69, 9.17) is 5.73 Å². The van der Waals surface area contributed by atoms with Gasteiger partial charge in [0, 0.05) is 11.1 Å². The van der Waals surface area contributed by atoms with Crippen LogP contribution >= 0.6 is 0 Å². The molecule has 0 aliphatic carbocycles. The van der Waals surface area contributed by atoms with Crippen molar-refractivity contribution < 1.29 is 9.59 Å². The van der Waals surface area contributed by atoms with Crippen LogP contribution in [0.25, 0.3) is 22.3 Å². The first-order chi connectivity index (χ1) is 16.1. The molecule has 0 bridgehead atoms. The number of fused-ring (bicyclic) bond motifs is 1. The molecule has 0 saturated carbocycles. The van der Waals surface area contributed by atoms with Crippen molar-refractivity contribution in [2.45, 2.75) is 0 Å². The number of amides is 2. The summed E-state index contributed by atoms with van der Waals surface area (Å²) in [5.74, 6) is -1.12. The number of para-hydroxylation sites is 1. The van der Waals surface area contributed by atoms with Crippen molar-refractivity contribution in [2.24, 2.45) is 0 Å². The number of hydrogen-bond acceptors (Lipinski definition) is 5. The Labute approximate surface area is 190 Å². The average Bonchev–Trinajstić information content (AvgIpc) is 3.11. The average molecular weight is 430 g/mol. The molecule has 4 aromatic rings. The number of hydrazine groups is 1. The molecular formula is C27H18N4O2. The standard InChI is InChI=1S/C27H18N4O2/c28-16-20-21(17-10-4-1-5-11-17)22(18-12-6-2-7-13-18)23-24(25(20)29)27(33)31(26(23)32)30-19-14-8-3-9-15-19/h1-15,30H,29H2. The Kier molecular flexibility index (Phi) is 4.85. The third-order valence-corrected chi connectivity index (χ3v) is 5.62. The van der Waals surface area contributed by atoms with E-state index in [2.05, 4.69) is 11.5 Å². The molecule has 33 heavy (non-hydrogen) atoms. The number of anilines is 2. The smallest absolute Gasteiger partial charge is 0.282 e. The molecule has 2 amide bonds. The zero-order chi connectivity index (χ0) is 22.9. The molecule has 0 saturated heterocycles. The van der Waals surface area contributed by atoms with Crippen LogP contribution in [-0.2, 0) is 0 Å². The van der Waals surface area contributed by atoms with Crippen LogP contribution in [0.3, 0.4) is 0 Å². The van der Waals surface area contributed by atoms with Gasteiger partial charge >= 0.3 is 0 Å². The lowest BCUT2D eigenvalue weighted by Gasteiger charge is -2.18. The molecule has 5 rings (SSSR count). The molecule has 0 radical (unpaired) electrons. The second-order valence-electron chi connectivity index (χ2n) is 7.56. The maximum atomic E-state index is 13.6. The monoisotopic (exact) mass is 430 g/mol. The predicted octanol–water partition coefficient (Wildman–Crippen LogP) is 5.10. The van der Waals surface area contributed by atoms with Crippen molar-refractivity contribution in [3.63, 3.8) is 0 Å². The molecule has 0 unspecified atom stereocenters.